The molecule has 5 heteroatoms. The molecule has 0 N–H and O–H groups in total. The molecule has 1 rings (SSSR count). The second-order valence-electron chi connectivity index (χ2n) is 1.83. The summed E-state index contributed by atoms with van der Waals surface area (Å²) in [6.07, 6.45) is -0.729. The second-order valence-corrected chi connectivity index (χ2v) is 1.83. The predicted molar refractivity (Wildman–Crippen MR) is 35.4 cm³/mol. The van der Waals surface area contributed by atoms with E-state index < -0.39 is 12.1 Å². The highest BCUT2D eigenvalue weighted by Gasteiger charge is 2.22. The summed E-state index contributed by atoms with van der Waals surface area (Å²) in [7, 11) is 0. The molecular formula is C6H7NO4. The fourth-order valence-corrected chi connectivity index (χ4v) is 0.624. The molecule has 0 spiro atoms. The van der Waals surface area contributed by atoms with Gasteiger partial charge in [-0.2, -0.15) is 4.99 Å². The normalized spacial score (nSPS) is 15.7. The molecule has 0 saturated heterocycles. The smallest absolute Gasteiger partial charge is 0.434 e. The first-order chi connectivity index (χ1) is 5.24. The molecule has 0 aromatic carbocycles. The van der Waals surface area contributed by atoms with E-state index in [4.69, 9.17) is 0 Å². The van der Waals surface area contributed by atoms with E-state index in [-0.39, 0.29) is 18.9 Å². The van der Waals surface area contributed by atoms with E-state index in [0.717, 1.165) is 0 Å². The lowest BCUT2D eigenvalue weighted by atomic mass is 10.4. The Balaban J connectivity index is 2.54. The first-order valence-electron chi connectivity index (χ1n) is 3.15. The minimum absolute atomic E-state index is 0.0388. The molecule has 0 aliphatic carbocycles. The van der Waals surface area contributed by atoms with Gasteiger partial charge >= 0.3 is 12.1 Å². The number of esters is 1. The van der Waals surface area contributed by atoms with Gasteiger partial charge in [-0.05, 0) is 6.92 Å². The molecule has 0 aromatic rings. The van der Waals surface area contributed by atoms with E-state index in [2.05, 4.69) is 14.5 Å². The number of nitrogens with zero attached hydrogens (tertiary/aromatic N) is 1. The largest absolute Gasteiger partial charge is 0.461 e. The van der Waals surface area contributed by atoms with E-state index in [1.54, 1.807) is 6.92 Å². The summed E-state index contributed by atoms with van der Waals surface area (Å²) in [5, 5.41) is 0. The maximum Gasteiger partial charge on any atom is 0.434 e. The van der Waals surface area contributed by atoms with E-state index in [0.29, 0.717) is 0 Å². The van der Waals surface area contributed by atoms with Gasteiger partial charge in [0.1, 0.15) is 6.61 Å². The first kappa shape index (κ1) is 7.71. The SMILES string of the molecule is CCOC(=O)C1=NC(=O)OC1. The average Bonchev–Trinajstić information content (AvgIpc) is 2.36. The quantitative estimate of drug-likeness (QED) is 0.535. The standard InChI is InChI=1S/C6H7NO4/c1-2-10-5(8)4-3-11-6(9)7-4/h2-3H2,1H3. The molecule has 1 amide bonds. The molecular weight excluding hydrogens is 150 g/mol. The molecule has 0 bridgehead atoms. The zero-order valence-electron chi connectivity index (χ0n) is 5.99. The average molecular weight is 157 g/mol. The number of aliphatic imine (C=N–C) groups is 1. The van der Waals surface area contributed by atoms with Crippen molar-refractivity contribution in [2.75, 3.05) is 13.2 Å². The minimum Gasteiger partial charge on any atom is -0.461 e. The Kier molecular flexibility index (Phi) is 2.20. The van der Waals surface area contributed by atoms with Crippen LogP contribution in [-0.2, 0) is 14.3 Å². The van der Waals surface area contributed by atoms with Crippen LogP contribution in [-0.4, -0.2) is 31.0 Å². The van der Waals surface area contributed by atoms with Crippen molar-refractivity contribution in [2.45, 2.75) is 6.92 Å². The third-order valence-electron chi connectivity index (χ3n) is 1.07. The van der Waals surface area contributed by atoms with E-state index >= 15 is 0 Å². The Morgan fingerprint density at radius 3 is 3.00 bits per heavy atom. The van der Waals surface area contributed by atoms with Gasteiger partial charge in [0.25, 0.3) is 0 Å². The van der Waals surface area contributed by atoms with E-state index in [1.165, 1.54) is 0 Å². The maximum atomic E-state index is 10.8. The van der Waals surface area contributed by atoms with Crippen molar-refractivity contribution in [3.63, 3.8) is 0 Å². The maximum absolute atomic E-state index is 10.8. The van der Waals surface area contributed by atoms with Crippen LogP contribution in [0.15, 0.2) is 4.99 Å². The predicted octanol–water partition coefficient (Wildman–Crippen LogP) is 0.141. The van der Waals surface area contributed by atoms with Gasteiger partial charge in [0, 0.05) is 0 Å². The van der Waals surface area contributed by atoms with Gasteiger partial charge in [0.15, 0.2) is 5.71 Å². The second kappa shape index (κ2) is 3.14. The number of carbonyl (C=O) groups excluding carboxylic acids is 2. The number of cyclic esters (lactones) is 1. The minimum atomic E-state index is -0.729. The van der Waals surface area contributed by atoms with Crippen LogP contribution in [0.2, 0.25) is 0 Å². The molecule has 0 fully saturated rings. The Morgan fingerprint density at radius 2 is 2.55 bits per heavy atom. The monoisotopic (exact) mass is 157 g/mol. The summed E-state index contributed by atoms with van der Waals surface area (Å²) in [5.41, 5.74) is 0.0388. The van der Waals surface area contributed by atoms with Crippen LogP contribution in [0.5, 0.6) is 0 Å². The van der Waals surface area contributed by atoms with Crippen molar-refractivity contribution in [3.05, 3.63) is 0 Å². The zero-order chi connectivity index (χ0) is 8.27. The zero-order valence-corrected chi connectivity index (χ0v) is 5.99. The number of hydrogen-bond acceptors (Lipinski definition) is 4. The van der Waals surface area contributed by atoms with Crippen LogP contribution < -0.4 is 0 Å². The highest BCUT2D eigenvalue weighted by molar-refractivity contribution is 6.39. The Hall–Kier alpha value is -1.39. The molecule has 11 heavy (non-hydrogen) atoms. The van der Waals surface area contributed by atoms with Crippen molar-refractivity contribution < 1.29 is 19.1 Å². The molecule has 1 aliphatic heterocycles. The fourth-order valence-electron chi connectivity index (χ4n) is 0.624. The third kappa shape index (κ3) is 1.76. The molecule has 0 saturated carbocycles. The lowest BCUT2D eigenvalue weighted by molar-refractivity contribution is -0.135. The third-order valence-corrected chi connectivity index (χ3v) is 1.07. The Bertz CT molecular complexity index is 221. The fraction of sp³-hybridized carbons (Fsp3) is 0.500. The van der Waals surface area contributed by atoms with Crippen molar-refractivity contribution in [3.8, 4) is 0 Å². The van der Waals surface area contributed by atoms with Crippen LogP contribution in [0.3, 0.4) is 0 Å². The number of ether oxygens (including phenoxy) is 2. The van der Waals surface area contributed by atoms with Crippen LogP contribution in [0.4, 0.5) is 4.79 Å². The number of rotatable bonds is 2. The summed E-state index contributed by atoms with van der Waals surface area (Å²) < 4.78 is 8.96. The Morgan fingerprint density at radius 1 is 1.82 bits per heavy atom. The van der Waals surface area contributed by atoms with Gasteiger partial charge in [-0.1, -0.05) is 0 Å². The van der Waals surface area contributed by atoms with Crippen LogP contribution >= 0.6 is 0 Å². The summed E-state index contributed by atoms with van der Waals surface area (Å²) in [6.45, 7) is 1.87. The molecule has 0 atom stereocenters. The summed E-state index contributed by atoms with van der Waals surface area (Å²) in [5.74, 6) is -0.585. The molecule has 5 nitrogen and oxygen atoms in total. The van der Waals surface area contributed by atoms with Gasteiger partial charge in [0.2, 0.25) is 0 Å². The first-order valence-corrected chi connectivity index (χ1v) is 3.15. The molecule has 1 aliphatic rings. The van der Waals surface area contributed by atoms with Crippen LogP contribution in [0.1, 0.15) is 6.92 Å². The van der Waals surface area contributed by atoms with Gasteiger partial charge in [-0.25, -0.2) is 9.59 Å². The molecule has 1 heterocycles. The number of hydrogen-bond donors (Lipinski definition) is 0. The highest BCUT2D eigenvalue weighted by Crippen LogP contribution is 1.98. The number of carbonyl (C=O) groups is 2. The lowest BCUT2D eigenvalue weighted by Crippen LogP contribution is -2.18. The van der Waals surface area contributed by atoms with Gasteiger partial charge < -0.3 is 9.47 Å². The summed E-state index contributed by atoms with van der Waals surface area (Å²) in [6, 6.07) is 0. The summed E-state index contributed by atoms with van der Waals surface area (Å²) in [4.78, 5) is 24.4. The van der Waals surface area contributed by atoms with Crippen molar-refractivity contribution in [2.24, 2.45) is 4.99 Å². The van der Waals surface area contributed by atoms with Crippen LogP contribution in [0, 0.1) is 0 Å². The summed E-state index contributed by atoms with van der Waals surface area (Å²) >= 11 is 0. The Labute approximate surface area is 63.0 Å². The lowest BCUT2D eigenvalue weighted by Gasteiger charge is -1.96. The van der Waals surface area contributed by atoms with Crippen molar-refractivity contribution >= 4 is 17.8 Å². The van der Waals surface area contributed by atoms with E-state index in [9.17, 15) is 9.59 Å². The van der Waals surface area contributed by atoms with Gasteiger partial charge in [-0.15, -0.1) is 0 Å². The molecule has 60 valence electrons. The van der Waals surface area contributed by atoms with Gasteiger partial charge in [0.05, 0.1) is 6.61 Å². The van der Waals surface area contributed by atoms with Gasteiger partial charge in [-0.3, -0.25) is 0 Å². The topological polar surface area (TPSA) is 65.0 Å². The van der Waals surface area contributed by atoms with Crippen molar-refractivity contribution in [1.82, 2.24) is 0 Å². The van der Waals surface area contributed by atoms with Crippen molar-refractivity contribution in [1.29, 1.82) is 0 Å². The molecule has 0 aromatic heterocycles. The molecule has 0 unspecified atom stereocenters. The highest BCUT2D eigenvalue weighted by atomic mass is 16.6. The molecule has 0 radical (unpaired) electrons. The van der Waals surface area contributed by atoms with Crippen LogP contribution in [0.25, 0.3) is 0 Å². The number of amides is 1. The van der Waals surface area contributed by atoms with E-state index in [1.807, 2.05) is 0 Å².